The molecule has 1 aromatic carbocycles. The molecule has 1 saturated carbocycles. The molecule has 3 heteroatoms. The Labute approximate surface area is 115 Å². The highest BCUT2D eigenvalue weighted by Gasteiger charge is 2.24. The van der Waals surface area contributed by atoms with Crippen molar-refractivity contribution in [2.24, 2.45) is 5.92 Å². The average Bonchev–Trinajstić information content (AvgIpc) is 2.83. The van der Waals surface area contributed by atoms with E-state index in [1.165, 1.54) is 19.3 Å². The summed E-state index contributed by atoms with van der Waals surface area (Å²) in [5, 5.41) is 4.22. The summed E-state index contributed by atoms with van der Waals surface area (Å²) in [5.74, 6) is 0.779. The molecule has 100 valence electrons. The Kier molecular flexibility index (Phi) is 5.48. The predicted octanol–water partition coefficient (Wildman–Crippen LogP) is 3.63. The van der Waals surface area contributed by atoms with Gasteiger partial charge in [0.15, 0.2) is 0 Å². The molecule has 18 heavy (non-hydrogen) atoms. The number of halogens is 1. The molecule has 0 radical (unpaired) electrons. The minimum absolute atomic E-state index is 0.407. The van der Waals surface area contributed by atoms with Crippen molar-refractivity contribution in [1.29, 1.82) is 0 Å². The largest absolute Gasteiger partial charge is 0.373 e. The summed E-state index contributed by atoms with van der Waals surface area (Å²) in [5.41, 5.74) is 1.09. The molecular formula is C15H22ClNO. The van der Waals surface area contributed by atoms with E-state index in [4.69, 9.17) is 16.3 Å². The van der Waals surface area contributed by atoms with Gasteiger partial charge in [-0.15, -0.1) is 0 Å². The Balaban J connectivity index is 1.74. The van der Waals surface area contributed by atoms with Gasteiger partial charge in [0, 0.05) is 5.02 Å². The van der Waals surface area contributed by atoms with Crippen molar-refractivity contribution < 1.29 is 4.74 Å². The zero-order valence-corrected chi connectivity index (χ0v) is 11.7. The number of rotatable bonds is 6. The van der Waals surface area contributed by atoms with Gasteiger partial charge < -0.3 is 10.1 Å². The number of ether oxygens (including phenoxy) is 1. The van der Waals surface area contributed by atoms with Crippen LogP contribution >= 0.6 is 11.6 Å². The maximum Gasteiger partial charge on any atom is 0.0735 e. The van der Waals surface area contributed by atoms with Crippen molar-refractivity contribution >= 4 is 11.6 Å². The Morgan fingerprint density at radius 3 is 2.94 bits per heavy atom. The number of hydrogen-bond donors (Lipinski definition) is 1. The summed E-state index contributed by atoms with van der Waals surface area (Å²) in [6.45, 7) is 4.97. The maximum absolute atomic E-state index is 6.12. The third-order valence-corrected chi connectivity index (χ3v) is 3.98. The van der Waals surface area contributed by atoms with Gasteiger partial charge in [-0.25, -0.2) is 0 Å². The van der Waals surface area contributed by atoms with Gasteiger partial charge in [-0.1, -0.05) is 36.7 Å². The van der Waals surface area contributed by atoms with Crippen LogP contribution in [0.4, 0.5) is 0 Å². The number of benzene rings is 1. The van der Waals surface area contributed by atoms with Crippen LogP contribution < -0.4 is 5.32 Å². The van der Waals surface area contributed by atoms with Crippen LogP contribution in [0, 0.1) is 5.92 Å². The lowest BCUT2D eigenvalue weighted by Gasteiger charge is -2.13. The van der Waals surface area contributed by atoms with Gasteiger partial charge in [0.1, 0.15) is 0 Å². The Hall–Kier alpha value is -0.570. The van der Waals surface area contributed by atoms with Crippen molar-refractivity contribution in [2.45, 2.75) is 38.9 Å². The van der Waals surface area contributed by atoms with Crippen molar-refractivity contribution in [3.8, 4) is 0 Å². The fourth-order valence-corrected chi connectivity index (χ4v) is 2.73. The SMILES string of the molecule is CCNC[C@H]1CC[C@H](OCc2ccccc2Cl)C1. The van der Waals surface area contributed by atoms with E-state index in [-0.39, 0.29) is 0 Å². The quantitative estimate of drug-likeness (QED) is 0.850. The lowest BCUT2D eigenvalue weighted by Crippen LogP contribution is -2.21. The maximum atomic E-state index is 6.12. The van der Waals surface area contributed by atoms with Crippen LogP contribution in [0.3, 0.4) is 0 Å². The molecule has 1 N–H and O–H groups in total. The summed E-state index contributed by atoms with van der Waals surface area (Å²) < 4.78 is 5.97. The molecule has 0 saturated heterocycles. The van der Waals surface area contributed by atoms with Crippen molar-refractivity contribution in [3.63, 3.8) is 0 Å². The highest BCUT2D eigenvalue weighted by molar-refractivity contribution is 6.31. The van der Waals surface area contributed by atoms with Gasteiger partial charge in [-0.2, -0.15) is 0 Å². The summed E-state index contributed by atoms with van der Waals surface area (Å²) in [4.78, 5) is 0. The molecule has 2 atom stereocenters. The number of nitrogens with one attached hydrogen (secondary N) is 1. The first-order valence-electron chi connectivity index (χ1n) is 6.85. The van der Waals surface area contributed by atoms with E-state index < -0.39 is 0 Å². The first-order chi connectivity index (χ1) is 8.79. The summed E-state index contributed by atoms with van der Waals surface area (Å²) in [6, 6.07) is 7.91. The Morgan fingerprint density at radius 2 is 2.17 bits per heavy atom. The van der Waals surface area contributed by atoms with Crippen LogP contribution in [-0.2, 0) is 11.3 Å². The van der Waals surface area contributed by atoms with Crippen LogP contribution in [0.2, 0.25) is 5.02 Å². The normalized spacial score (nSPS) is 23.4. The smallest absolute Gasteiger partial charge is 0.0735 e. The standard InChI is InChI=1S/C15H22ClNO/c1-2-17-10-12-7-8-14(9-12)18-11-13-5-3-4-6-15(13)16/h3-6,12,14,17H,2,7-11H2,1H3/t12-,14-/m0/s1. The van der Waals surface area contributed by atoms with Gasteiger partial charge >= 0.3 is 0 Å². The molecule has 1 fully saturated rings. The van der Waals surface area contributed by atoms with Gasteiger partial charge in [0.25, 0.3) is 0 Å². The molecule has 1 aliphatic carbocycles. The second-order valence-corrected chi connectivity index (χ2v) is 5.42. The van der Waals surface area contributed by atoms with Crippen molar-refractivity contribution in [2.75, 3.05) is 13.1 Å². The summed E-state index contributed by atoms with van der Waals surface area (Å²) >= 11 is 6.12. The molecule has 0 heterocycles. The second-order valence-electron chi connectivity index (χ2n) is 5.01. The molecule has 1 aliphatic rings. The van der Waals surface area contributed by atoms with E-state index in [0.717, 1.165) is 29.6 Å². The molecule has 0 bridgehead atoms. The second kappa shape index (κ2) is 7.13. The highest BCUT2D eigenvalue weighted by atomic mass is 35.5. The summed E-state index contributed by atoms with van der Waals surface area (Å²) in [6.07, 6.45) is 4.04. The number of hydrogen-bond acceptors (Lipinski definition) is 2. The monoisotopic (exact) mass is 267 g/mol. The Morgan fingerprint density at radius 1 is 1.33 bits per heavy atom. The van der Waals surface area contributed by atoms with Crippen LogP contribution in [-0.4, -0.2) is 19.2 Å². The van der Waals surface area contributed by atoms with Crippen LogP contribution in [0.5, 0.6) is 0 Å². The van der Waals surface area contributed by atoms with Crippen LogP contribution in [0.25, 0.3) is 0 Å². The highest BCUT2D eigenvalue weighted by Crippen LogP contribution is 2.28. The molecule has 0 unspecified atom stereocenters. The Bertz CT molecular complexity index is 369. The molecule has 2 nitrogen and oxygen atoms in total. The first kappa shape index (κ1) is 13.9. The molecule has 0 aliphatic heterocycles. The van der Waals surface area contributed by atoms with Gasteiger partial charge in [-0.05, 0) is 49.9 Å². The van der Waals surface area contributed by atoms with Crippen LogP contribution in [0.15, 0.2) is 24.3 Å². The lowest BCUT2D eigenvalue weighted by atomic mass is 10.1. The van der Waals surface area contributed by atoms with Crippen LogP contribution in [0.1, 0.15) is 31.7 Å². The predicted molar refractivity (Wildman–Crippen MR) is 75.9 cm³/mol. The molecule has 0 spiro atoms. The third kappa shape index (κ3) is 3.98. The molecule has 0 amide bonds. The van der Waals surface area contributed by atoms with E-state index in [1.807, 2.05) is 24.3 Å². The van der Waals surface area contributed by atoms with Crippen molar-refractivity contribution in [1.82, 2.24) is 5.32 Å². The molecule has 1 aromatic rings. The average molecular weight is 268 g/mol. The zero-order chi connectivity index (χ0) is 12.8. The van der Waals surface area contributed by atoms with E-state index in [2.05, 4.69) is 12.2 Å². The molecular weight excluding hydrogens is 246 g/mol. The summed E-state index contributed by atoms with van der Waals surface area (Å²) in [7, 11) is 0. The fraction of sp³-hybridized carbons (Fsp3) is 0.600. The van der Waals surface area contributed by atoms with Crippen molar-refractivity contribution in [3.05, 3.63) is 34.9 Å². The van der Waals surface area contributed by atoms with Gasteiger partial charge in [0.05, 0.1) is 12.7 Å². The van der Waals surface area contributed by atoms with E-state index in [0.29, 0.717) is 12.7 Å². The molecule has 2 rings (SSSR count). The zero-order valence-electron chi connectivity index (χ0n) is 11.0. The minimum Gasteiger partial charge on any atom is -0.373 e. The van der Waals surface area contributed by atoms with E-state index in [1.54, 1.807) is 0 Å². The van der Waals surface area contributed by atoms with E-state index in [9.17, 15) is 0 Å². The third-order valence-electron chi connectivity index (χ3n) is 3.61. The van der Waals surface area contributed by atoms with Gasteiger partial charge in [-0.3, -0.25) is 0 Å². The topological polar surface area (TPSA) is 21.3 Å². The minimum atomic E-state index is 0.407. The van der Waals surface area contributed by atoms with Gasteiger partial charge in [0.2, 0.25) is 0 Å². The first-order valence-corrected chi connectivity index (χ1v) is 7.23. The fourth-order valence-electron chi connectivity index (χ4n) is 2.54. The molecule has 0 aromatic heterocycles. The van der Waals surface area contributed by atoms with E-state index >= 15 is 0 Å². The lowest BCUT2D eigenvalue weighted by molar-refractivity contribution is 0.0430.